The molecule has 0 saturated heterocycles. The van der Waals surface area contributed by atoms with Gasteiger partial charge in [-0.3, -0.25) is 14.9 Å². The van der Waals surface area contributed by atoms with Crippen LogP contribution < -0.4 is 5.32 Å². The predicted octanol–water partition coefficient (Wildman–Crippen LogP) is 2.47. The Hall–Kier alpha value is -3.04. The van der Waals surface area contributed by atoms with E-state index in [2.05, 4.69) is 5.32 Å². The fourth-order valence-electron chi connectivity index (χ4n) is 2.94. The molecule has 24 heavy (non-hydrogen) atoms. The Morgan fingerprint density at radius 2 is 2.04 bits per heavy atom. The molecule has 6 nitrogen and oxygen atoms in total. The van der Waals surface area contributed by atoms with E-state index in [-0.39, 0.29) is 17.9 Å². The Morgan fingerprint density at radius 3 is 2.71 bits per heavy atom. The van der Waals surface area contributed by atoms with Crippen LogP contribution in [-0.4, -0.2) is 17.3 Å². The van der Waals surface area contributed by atoms with Gasteiger partial charge in [-0.25, -0.2) is 0 Å². The number of hydrogen-bond acceptors (Lipinski definition) is 5. The van der Waals surface area contributed by atoms with Gasteiger partial charge >= 0.3 is 0 Å². The van der Waals surface area contributed by atoms with E-state index in [1.165, 1.54) is 12.1 Å². The summed E-state index contributed by atoms with van der Waals surface area (Å²) in [5.41, 5.74) is 3.02. The summed E-state index contributed by atoms with van der Waals surface area (Å²) in [4.78, 5) is 23.2. The monoisotopic (exact) mass is 321 g/mol. The Labute approximate surface area is 138 Å². The number of nitriles is 1. The highest BCUT2D eigenvalue weighted by atomic mass is 16.6. The van der Waals surface area contributed by atoms with Crippen molar-refractivity contribution < 1.29 is 9.72 Å². The van der Waals surface area contributed by atoms with Gasteiger partial charge in [0.25, 0.3) is 5.69 Å². The molecule has 0 bridgehead atoms. The van der Waals surface area contributed by atoms with Crippen LogP contribution in [0.5, 0.6) is 0 Å². The third-order valence-electron chi connectivity index (χ3n) is 4.18. The summed E-state index contributed by atoms with van der Waals surface area (Å²) in [5, 5.41) is 23.0. The molecule has 1 heterocycles. The first-order valence-corrected chi connectivity index (χ1v) is 7.61. The van der Waals surface area contributed by atoms with Gasteiger partial charge < -0.3 is 5.32 Å². The van der Waals surface area contributed by atoms with Crippen molar-refractivity contribution in [2.75, 3.05) is 6.54 Å². The summed E-state index contributed by atoms with van der Waals surface area (Å²) in [6.45, 7) is 0.661. The quantitative estimate of drug-likeness (QED) is 0.689. The number of nitro groups is 1. The fraction of sp³-hybridized carbons (Fsp3) is 0.222. The SMILES string of the molecule is N#Cc1ccc(CC(=O)C2NCCc3ccc([N+](=O)[O-])cc32)cc1. The normalized spacial score (nSPS) is 16.0. The second kappa shape index (κ2) is 6.60. The van der Waals surface area contributed by atoms with Gasteiger partial charge in [-0.15, -0.1) is 0 Å². The van der Waals surface area contributed by atoms with Gasteiger partial charge in [-0.2, -0.15) is 5.26 Å². The van der Waals surface area contributed by atoms with Crippen LogP contribution in [0.4, 0.5) is 5.69 Å². The molecule has 0 fully saturated rings. The maximum absolute atomic E-state index is 12.7. The number of nitrogens with zero attached hydrogens (tertiary/aromatic N) is 2. The highest BCUT2D eigenvalue weighted by Crippen LogP contribution is 2.28. The minimum Gasteiger partial charge on any atom is -0.303 e. The lowest BCUT2D eigenvalue weighted by Gasteiger charge is -2.25. The number of benzene rings is 2. The number of ketones is 1. The minimum absolute atomic E-state index is 0.00590. The average molecular weight is 321 g/mol. The Balaban J connectivity index is 1.85. The number of nitro benzene ring substituents is 1. The van der Waals surface area contributed by atoms with Gasteiger partial charge in [0.1, 0.15) is 0 Å². The molecule has 2 aromatic carbocycles. The molecule has 0 aliphatic carbocycles. The van der Waals surface area contributed by atoms with E-state index < -0.39 is 11.0 Å². The standard InChI is InChI=1S/C18H15N3O3/c19-11-13-3-1-12(2-4-13)9-17(22)18-16-10-15(21(23)24)6-5-14(16)7-8-20-18/h1-6,10,18,20H,7-9H2. The van der Waals surface area contributed by atoms with Crippen LogP contribution in [0.25, 0.3) is 0 Å². The number of nitrogens with one attached hydrogen (secondary N) is 1. The molecule has 2 aromatic rings. The Morgan fingerprint density at radius 1 is 1.29 bits per heavy atom. The first-order valence-electron chi connectivity index (χ1n) is 7.61. The van der Waals surface area contributed by atoms with Crippen LogP contribution in [0.2, 0.25) is 0 Å². The molecule has 0 saturated carbocycles. The van der Waals surface area contributed by atoms with Crippen LogP contribution >= 0.6 is 0 Å². The average Bonchev–Trinajstić information content (AvgIpc) is 2.61. The van der Waals surface area contributed by atoms with Crippen molar-refractivity contribution in [2.24, 2.45) is 0 Å². The summed E-state index contributed by atoms with van der Waals surface area (Å²) in [6, 6.07) is 13.1. The largest absolute Gasteiger partial charge is 0.303 e. The van der Waals surface area contributed by atoms with Gasteiger partial charge in [0.2, 0.25) is 0 Å². The number of rotatable bonds is 4. The number of fused-ring (bicyclic) bond motifs is 1. The van der Waals surface area contributed by atoms with Crippen molar-refractivity contribution >= 4 is 11.5 Å². The molecule has 1 atom stereocenters. The number of hydrogen-bond donors (Lipinski definition) is 1. The number of Topliss-reactive ketones (excluding diaryl/α,β-unsaturated/α-hetero) is 1. The molecular weight excluding hydrogens is 306 g/mol. The minimum atomic E-state index is -0.538. The summed E-state index contributed by atoms with van der Waals surface area (Å²) in [6.07, 6.45) is 0.958. The van der Waals surface area contributed by atoms with E-state index in [1.807, 2.05) is 6.07 Å². The van der Waals surface area contributed by atoms with E-state index in [1.54, 1.807) is 30.3 Å². The molecule has 1 aliphatic heterocycles. The van der Waals surface area contributed by atoms with E-state index in [9.17, 15) is 14.9 Å². The summed E-state index contributed by atoms with van der Waals surface area (Å²) in [5.74, 6) is -0.0406. The van der Waals surface area contributed by atoms with Gasteiger partial charge in [-0.1, -0.05) is 18.2 Å². The summed E-state index contributed by atoms with van der Waals surface area (Å²) in [7, 11) is 0. The van der Waals surface area contributed by atoms with Crippen molar-refractivity contribution in [3.05, 3.63) is 74.8 Å². The molecule has 6 heteroatoms. The molecule has 0 amide bonds. The number of carbonyl (C=O) groups excluding carboxylic acids is 1. The van der Waals surface area contributed by atoms with Crippen LogP contribution in [0.15, 0.2) is 42.5 Å². The molecule has 120 valence electrons. The maximum Gasteiger partial charge on any atom is 0.269 e. The number of non-ortho nitro benzene ring substituents is 1. The smallest absolute Gasteiger partial charge is 0.269 e. The molecule has 1 aliphatic rings. The summed E-state index contributed by atoms with van der Waals surface area (Å²) >= 11 is 0. The molecule has 1 N–H and O–H groups in total. The van der Waals surface area contributed by atoms with E-state index in [0.29, 0.717) is 17.7 Å². The zero-order chi connectivity index (χ0) is 17.1. The molecule has 0 radical (unpaired) electrons. The first kappa shape index (κ1) is 15.8. The second-order valence-corrected chi connectivity index (χ2v) is 5.73. The van der Waals surface area contributed by atoms with Crippen molar-refractivity contribution in [2.45, 2.75) is 18.9 Å². The van der Waals surface area contributed by atoms with Crippen LogP contribution in [0.1, 0.15) is 28.3 Å². The van der Waals surface area contributed by atoms with Crippen LogP contribution in [0.3, 0.4) is 0 Å². The first-order chi connectivity index (χ1) is 11.6. The third-order valence-corrected chi connectivity index (χ3v) is 4.18. The highest BCUT2D eigenvalue weighted by Gasteiger charge is 2.27. The van der Waals surface area contributed by atoms with Crippen molar-refractivity contribution in [1.29, 1.82) is 5.26 Å². The Bertz CT molecular complexity index is 838. The van der Waals surface area contributed by atoms with Gasteiger partial charge in [0.15, 0.2) is 5.78 Å². The zero-order valence-electron chi connectivity index (χ0n) is 12.9. The van der Waals surface area contributed by atoms with Crippen LogP contribution in [0, 0.1) is 21.4 Å². The van der Waals surface area contributed by atoms with E-state index in [0.717, 1.165) is 17.5 Å². The highest BCUT2D eigenvalue weighted by molar-refractivity contribution is 5.88. The second-order valence-electron chi connectivity index (χ2n) is 5.73. The van der Waals surface area contributed by atoms with Crippen molar-refractivity contribution in [3.63, 3.8) is 0 Å². The zero-order valence-corrected chi connectivity index (χ0v) is 12.9. The lowest BCUT2D eigenvalue weighted by Crippen LogP contribution is -2.36. The third kappa shape index (κ3) is 3.16. The van der Waals surface area contributed by atoms with Gasteiger partial charge in [0.05, 0.1) is 22.6 Å². The van der Waals surface area contributed by atoms with Gasteiger partial charge in [0, 0.05) is 25.1 Å². The molecular formula is C18H15N3O3. The molecule has 0 aromatic heterocycles. The molecule has 1 unspecified atom stereocenters. The lowest BCUT2D eigenvalue weighted by molar-refractivity contribution is -0.384. The Kier molecular flexibility index (Phi) is 4.36. The van der Waals surface area contributed by atoms with Gasteiger partial charge in [-0.05, 0) is 35.2 Å². The molecule has 0 spiro atoms. The fourth-order valence-corrected chi connectivity index (χ4v) is 2.94. The van der Waals surface area contributed by atoms with Crippen molar-refractivity contribution in [1.82, 2.24) is 5.32 Å². The predicted molar refractivity (Wildman–Crippen MR) is 87.4 cm³/mol. The van der Waals surface area contributed by atoms with Crippen LogP contribution in [-0.2, 0) is 17.6 Å². The van der Waals surface area contributed by atoms with E-state index in [4.69, 9.17) is 5.26 Å². The maximum atomic E-state index is 12.7. The van der Waals surface area contributed by atoms with E-state index >= 15 is 0 Å². The molecule has 3 rings (SSSR count). The van der Waals surface area contributed by atoms with Crippen molar-refractivity contribution in [3.8, 4) is 6.07 Å². The summed E-state index contributed by atoms with van der Waals surface area (Å²) < 4.78 is 0. The number of carbonyl (C=O) groups is 1. The topological polar surface area (TPSA) is 96.0 Å². The lowest BCUT2D eigenvalue weighted by atomic mass is 9.89.